The predicted molar refractivity (Wildman–Crippen MR) is 114 cm³/mol. The first-order valence-electron chi connectivity index (χ1n) is 9.97. The third kappa shape index (κ3) is 4.86. The zero-order chi connectivity index (χ0) is 18.6. The summed E-state index contributed by atoms with van der Waals surface area (Å²) in [4.78, 5) is 14.9. The molecule has 4 rings (SSSR count). The lowest BCUT2D eigenvalue weighted by atomic mass is 10.0. The second kappa shape index (κ2) is 9.44. The smallest absolute Gasteiger partial charge is 0.226 e. The molecule has 0 bridgehead atoms. The van der Waals surface area contributed by atoms with E-state index < -0.39 is 0 Å². The Kier molecular flexibility index (Phi) is 6.97. The minimum Gasteiger partial charge on any atom is -0.489 e. The molecule has 0 spiro atoms. The van der Waals surface area contributed by atoms with Crippen LogP contribution < -0.4 is 10.1 Å². The van der Waals surface area contributed by atoms with Crippen LogP contribution in [0.25, 0.3) is 0 Å². The molecule has 2 aliphatic rings. The molecule has 150 valence electrons. The van der Waals surface area contributed by atoms with Crippen LogP contribution in [0.15, 0.2) is 54.6 Å². The average molecular weight is 401 g/mol. The van der Waals surface area contributed by atoms with Gasteiger partial charge in [0.05, 0.1) is 0 Å². The number of likely N-dealkylation sites (N-methyl/N-ethyl adjacent to an activating group) is 1. The van der Waals surface area contributed by atoms with Crippen molar-refractivity contribution in [3.63, 3.8) is 0 Å². The highest BCUT2D eigenvalue weighted by Crippen LogP contribution is 2.49. The van der Waals surface area contributed by atoms with Crippen LogP contribution in [0.4, 0.5) is 0 Å². The number of piperidine rings is 1. The fraction of sp³-hybridized carbons (Fsp3) is 0.435. The Morgan fingerprint density at radius 1 is 1.14 bits per heavy atom. The molecule has 5 heteroatoms. The van der Waals surface area contributed by atoms with Crippen LogP contribution >= 0.6 is 12.4 Å². The molecule has 3 unspecified atom stereocenters. The number of halogens is 1. The van der Waals surface area contributed by atoms with Crippen LogP contribution in [0.5, 0.6) is 5.75 Å². The van der Waals surface area contributed by atoms with E-state index in [1.165, 1.54) is 12.0 Å². The van der Waals surface area contributed by atoms with E-state index in [1.807, 2.05) is 37.4 Å². The molecule has 0 radical (unpaired) electrons. The SMILES string of the molecule is CNC1CCCN(C(=O)C2CC2c2ccc(OCc3ccccc3)cc2)C1.Cl. The number of rotatable bonds is 6. The van der Waals surface area contributed by atoms with Gasteiger partial charge in [0.25, 0.3) is 0 Å². The predicted octanol–water partition coefficient (Wildman–Crippen LogP) is 4.00. The van der Waals surface area contributed by atoms with E-state index in [0.29, 0.717) is 24.5 Å². The largest absolute Gasteiger partial charge is 0.489 e. The highest BCUT2D eigenvalue weighted by molar-refractivity contribution is 5.85. The monoisotopic (exact) mass is 400 g/mol. The molecule has 2 fully saturated rings. The number of likely N-dealkylation sites (tertiary alicyclic amines) is 1. The summed E-state index contributed by atoms with van der Waals surface area (Å²) >= 11 is 0. The summed E-state index contributed by atoms with van der Waals surface area (Å²) in [6, 6.07) is 18.9. The molecule has 1 N–H and O–H groups in total. The van der Waals surface area contributed by atoms with Gasteiger partial charge in [-0.15, -0.1) is 12.4 Å². The summed E-state index contributed by atoms with van der Waals surface area (Å²) < 4.78 is 5.86. The Labute approximate surface area is 173 Å². The number of benzene rings is 2. The van der Waals surface area contributed by atoms with E-state index in [2.05, 4.69) is 34.5 Å². The van der Waals surface area contributed by atoms with Crippen molar-refractivity contribution in [2.45, 2.75) is 37.8 Å². The van der Waals surface area contributed by atoms with Crippen molar-refractivity contribution >= 4 is 18.3 Å². The molecule has 3 atom stereocenters. The normalized spacial score (nSPS) is 23.6. The van der Waals surface area contributed by atoms with Crippen LogP contribution in [-0.4, -0.2) is 37.0 Å². The zero-order valence-electron chi connectivity index (χ0n) is 16.3. The van der Waals surface area contributed by atoms with Gasteiger partial charge in [-0.05, 0) is 55.5 Å². The second-order valence-electron chi connectivity index (χ2n) is 7.70. The van der Waals surface area contributed by atoms with Crippen molar-refractivity contribution in [3.8, 4) is 5.75 Å². The van der Waals surface area contributed by atoms with E-state index in [1.54, 1.807) is 0 Å². The second-order valence-corrected chi connectivity index (χ2v) is 7.70. The van der Waals surface area contributed by atoms with Crippen molar-refractivity contribution in [2.75, 3.05) is 20.1 Å². The van der Waals surface area contributed by atoms with Crippen LogP contribution in [0, 0.1) is 5.92 Å². The fourth-order valence-electron chi connectivity index (χ4n) is 4.04. The van der Waals surface area contributed by atoms with E-state index in [4.69, 9.17) is 4.74 Å². The van der Waals surface area contributed by atoms with Crippen molar-refractivity contribution < 1.29 is 9.53 Å². The van der Waals surface area contributed by atoms with Gasteiger partial charge in [0, 0.05) is 25.0 Å². The Hall–Kier alpha value is -2.04. The molecule has 2 aromatic carbocycles. The standard InChI is InChI=1S/C23H28N2O2.ClH/c1-24-19-8-5-13-25(15-19)23(26)22-14-21(22)18-9-11-20(12-10-18)27-16-17-6-3-2-4-7-17;/h2-4,6-7,9-12,19,21-22,24H,5,8,13-16H2,1H3;1H. The lowest BCUT2D eigenvalue weighted by Crippen LogP contribution is -2.47. The third-order valence-corrected chi connectivity index (χ3v) is 5.81. The molecule has 0 aromatic heterocycles. The third-order valence-electron chi connectivity index (χ3n) is 5.81. The first-order chi connectivity index (χ1) is 13.2. The van der Waals surface area contributed by atoms with Crippen molar-refractivity contribution in [2.24, 2.45) is 5.92 Å². The Morgan fingerprint density at radius 3 is 2.61 bits per heavy atom. The average Bonchev–Trinajstić information content (AvgIpc) is 3.54. The molecular formula is C23H29ClN2O2. The van der Waals surface area contributed by atoms with E-state index in [-0.39, 0.29) is 18.3 Å². The summed E-state index contributed by atoms with van der Waals surface area (Å²) in [7, 11) is 1.99. The summed E-state index contributed by atoms with van der Waals surface area (Å²) in [6.45, 7) is 2.34. The van der Waals surface area contributed by atoms with E-state index in [9.17, 15) is 4.79 Å². The number of hydrogen-bond donors (Lipinski definition) is 1. The minimum absolute atomic E-state index is 0. The van der Waals surface area contributed by atoms with Gasteiger partial charge in [-0.2, -0.15) is 0 Å². The number of ether oxygens (including phenoxy) is 1. The highest BCUT2D eigenvalue weighted by Gasteiger charge is 2.46. The maximum absolute atomic E-state index is 12.8. The quantitative estimate of drug-likeness (QED) is 0.796. The molecule has 2 aromatic rings. The number of hydrogen-bond acceptors (Lipinski definition) is 3. The van der Waals surface area contributed by atoms with Crippen molar-refractivity contribution in [1.82, 2.24) is 10.2 Å². The van der Waals surface area contributed by atoms with Gasteiger partial charge in [0.1, 0.15) is 12.4 Å². The molecule has 1 aliphatic carbocycles. The van der Waals surface area contributed by atoms with Gasteiger partial charge in [-0.25, -0.2) is 0 Å². The van der Waals surface area contributed by atoms with Crippen LogP contribution in [0.1, 0.15) is 36.3 Å². The van der Waals surface area contributed by atoms with Gasteiger partial charge in [0.2, 0.25) is 5.91 Å². The van der Waals surface area contributed by atoms with Gasteiger partial charge in [0.15, 0.2) is 0 Å². The summed E-state index contributed by atoms with van der Waals surface area (Å²) in [5, 5.41) is 3.31. The number of nitrogens with zero attached hydrogens (tertiary/aromatic N) is 1. The molecule has 28 heavy (non-hydrogen) atoms. The fourth-order valence-corrected chi connectivity index (χ4v) is 4.04. The molecule has 4 nitrogen and oxygen atoms in total. The van der Waals surface area contributed by atoms with Crippen LogP contribution in [0.2, 0.25) is 0 Å². The Balaban J connectivity index is 0.00000225. The molecular weight excluding hydrogens is 372 g/mol. The molecule has 1 aliphatic heterocycles. The molecule has 1 saturated heterocycles. The maximum Gasteiger partial charge on any atom is 0.226 e. The minimum atomic E-state index is 0. The summed E-state index contributed by atoms with van der Waals surface area (Å²) in [6.07, 6.45) is 3.24. The van der Waals surface area contributed by atoms with Crippen molar-refractivity contribution in [1.29, 1.82) is 0 Å². The first kappa shape index (κ1) is 20.7. The highest BCUT2D eigenvalue weighted by atomic mass is 35.5. The Bertz CT molecular complexity index is 766. The van der Waals surface area contributed by atoms with E-state index >= 15 is 0 Å². The number of carbonyl (C=O) groups excluding carboxylic acids is 1. The van der Waals surface area contributed by atoms with Gasteiger partial charge >= 0.3 is 0 Å². The number of amides is 1. The maximum atomic E-state index is 12.8. The number of carbonyl (C=O) groups is 1. The van der Waals surface area contributed by atoms with E-state index in [0.717, 1.165) is 37.2 Å². The van der Waals surface area contributed by atoms with Crippen LogP contribution in [-0.2, 0) is 11.4 Å². The topological polar surface area (TPSA) is 41.6 Å². The Morgan fingerprint density at radius 2 is 1.89 bits per heavy atom. The van der Waals surface area contributed by atoms with Gasteiger partial charge in [-0.1, -0.05) is 42.5 Å². The lowest BCUT2D eigenvalue weighted by molar-refractivity contribution is -0.134. The summed E-state index contributed by atoms with van der Waals surface area (Å²) in [5.41, 5.74) is 2.42. The summed E-state index contributed by atoms with van der Waals surface area (Å²) in [5.74, 6) is 1.75. The lowest BCUT2D eigenvalue weighted by Gasteiger charge is -2.32. The zero-order valence-corrected chi connectivity index (χ0v) is 17.2. The number of nitrogens with one attached hydrogen (secondary N) is 1. The molecule has 1 saturated carbocycles. The molecule has 1 heterocycles. The van der Waals surface area contributed by atoms with Gasteiger partial charge < -0.3 is 15.0 Å². The van der Waals surface area contributed by atoms with Crippen molar-refractivity contribution in [3.05, 3.63) is 65.7 Å². The van der Waals surface area contributed by atoms with Crippen LogP contribution in [0.3, 0.4) is 0 Å². The molecule has 1 amide bonds. The first-order valence-corrected chi connectivity index (χ1v) is 9.97. The van der Waals surface area contributed by atoms with Gasteiger partial charge in [-0.3, -0.25) is 4.79 Å².